The first-order valence-electron chi connectivity index (χ1n) is 5.51. The van der Waals surface area contributed by atoms with E-state index in [4.69, 9.17) is 4.42 Å². The molecule has 1 aliphatic rings. The number of thiophene rings is 1. The smallest absolute Gasteiger partial charge is 0.257 e. The molecule has 0 amide bonds. The molecule has 0 unspecified atom stereocenters. The van der Waals surface area contributed by atoms with E-state index in [0.717, 1.165) is 30.3 Å². The van der Waals surface area contributed by atoms with Gasteiger partial charge < -0.3 is 9.73 Å². The molecule has 1 fully saturated rings. The molecule has 2 aromatic heterocycles. The summed E-state index contributed by atoms with van der Waals surface area (Å²) >= 11 is 1.62. The first kappa shape index (κ1) is 9.99. The van der Waals surface area contributed by atoms with E-state index in [1.165, 1.54) is 6.42 Å². The summed E-state index contributed by atoms with van der Waals surface area (Å²) < 4.78 is 5.72. The molecule has 2 aromatic rings. The van der Waals surface area contributed by atoms with Crippen molar-refractivity contribution in [2.24, 2.45) is 0 Å². The quantitative estimate of drug-likeness (QED) is 0.867. The second-order valence-corrected chi connectivity index (χ2v) is 4.91. The Morgan fingerprint density at radius 2 is 2.44 bits per heavy atom. The van der Waals surface area contributed by atoms with Gasteiger partial charge in [-0.2, -0.15) is 0 Å². The summed E-state index contributed by atoms with van der Waals surface area (Å²) in [5, 5.41) is 13.6. The highest BCUT2D eigenvalue weighted by Gasteiger charge is 2.21. The van der Waals surface area contributed by atoms with E-state index < -0.39 is 0 Å². The lowest BCUT2D eigenvalue weighted by atomic mass is 10.00. The molecular weight excluding hydrogens is 222 g/mol. The summed E-state index contributed by atoms with van der Waals surface area (Å²) in [6.45, 7) is 2.05. The van der Waals surface area contributed by atoms with Crippen LogP contribution < -0.4 is 5.32 Å². The topological polar surface area (TPSA) is 51.0 Å². The molecule has 1 saturated heterocycles. The monoisotopic (exact) mass is 235 g/mol. The Kier molecular flexibility index (Phi) is 2.71. The zero-order valence-electron chi connectivity index (χ0n) is 8.85. The van der Waals surface area contributed by atoms with Crippen molar-refractivity contribution in [1.29, 1.82) is 0 Å². The Morgan fingerprint density at radius 1 is 1.44 bits per heavy atom. The van der Waals surface area contributed by atoms with Crippen molar-refractivity contribution in [2.45, 2.75) is 18.8 Å². The molecule has 1 aliphatic heterocycles. The van der Waals surface area contributed by atoms with Crippen molar-refractivity contribution in [1.82, 2.24) is 15.5 Å². The van der Waals surface area contributed by atoms with Crippen LogP contribution in [0.15, 0.2) is 21.9 Å². The summed E-state index contributed by atoms with van der Waals surface area (Å²) in [6.07, 6.45) is 2.32. The van der Waals surface area contributed by atoms with Crippen LogP contribution in [0, 0.1) is 0 Å². The Labute approximate surface area is 97.7 Å². The highest BCUT2D eigenvalue weighted by atomic mass is 32.1. The molecule has 0 aliphatic carbocycles. The van der Waals surface area contributed by atoms with Crippen molar-refractivity contribution in [3.63, 3.8) is 0 Å². The van der Waals surface area contributed by atoms with Gasteiger partial charge in [0, 0.05) is 12.5 Å². The molecule has 3 heterocycles. The van der Waals surface area contributed by atoms with Gasteiger partial charge >= 0.3 is 0 Å². The molecule has 5 heteroatoms. The third-order valence-corrected chi connectivity index (χ3v) is 3.68. The largest absolute Gasteiger partial charge is 0.420 e. The van der Waals surface area contributed by atoms with Crippen LogP contribution in [0.2, 0.25) is 0 Å². The van der Waals surface area contributed by atoms with Gasteiger partial charge in [-0.25, -0.2) is 0 Å². The highest BCUT2D eigenvalue weighted by Crippen LogP contribution is 2.27. The predicted octanol–water partition coefficient (Wildman–Crippen LogP) is 2.27. The van der Waals surface area contributed by atoms with Gasteiger partial charge in [-0.05, 0) is 30.8 Å². The fourth-order valence-corrected chi connectivity index (χ4v) is 2.61. The van der Waals surface area contributed by atoms with Crippen molar-refractivity contribution in [2.75, 3.05) is 13.1 Å². The molecule has 0 radical (unpaired) electrons. The lowest BCUT2D eigenvalue weighted by Crippen LogP contribution is -2.28. The van der Waals surface area contributed by atoms with Crippen molar-refractivity contribution >= 4 is 11.3 Å². The third kappa shape index (κ3) is 1.88. The fraction of sp³-hybridized carbons (Fsp3) is 0.455. The highest BCUT2D eigenvalue weighted by molar-refractivity contribution is 7.13. The number of hydrogen-bond donors (Lipinski definition) is 1. The molecule has 4 nitrogen and oxygen atoms in total. The number of hydrogen-bond acceptors (Lipinski definition) is 5. The molecule has 0 bridgehead atoms. The average molecular weight is 235 g/mol. The number of aromatic nitrogens is 2. The first-order chi connectivity index (χ1) is 7.93. The van der Waals surface area contributed by atoms with Crippen LogP contribution in [0.4, 0.5) is 0 Å². The van der Waals surface area contributed by atoms with Crippen LogP contribution in [0.25, 0.3) is 10.8 Å². The van der Waals surface area contributed by atoms with E-state index in [0.29, 0.717) is 11.8 Å². The van der Waals surface area contributed by atoms with Gasteiger partial charge in [-0.1, -0.05) is 6.07 Å². The molecule has 84 valence electrons. The number of nitrogens with one attached hydrogen (secondary N) is 1. The van der Waals surface area contributed by atoms with Gasteiger partial charge in [0.25, 0.3) is 5.89 Å². The van der Waals surface area contributed by atoms with Crippen LogP contribution >= 0.6 is 11.3 Å². The minimum absolute atomic E-state index is 0.384. The molecule has 0 aromatic carbocycles. The minimum atomic E-state index is 0.384. The maximum atomic E-state index is 5.72. The van der Waals surface area contributed by atoms with E-state index in [2.05, 4.69) is 15.5 Å². The summed E-state index contributed by atoms with van der Waals surface area (Å²) in [5.41, 5.74) is 0. The Bertz CT molecular complexity index is 446. The van der Waals surface area contributed by atoms with Gasteiger partial charge in [0.05, 0.1) is 4.88 Å². The minimum Gasteiger partial charge on any atom is -0.420 e. The zero-order chi connectivity index (χ0) is 10.8. The van der Waals surface area contributed by atoms with Crippen molar-refractivity contribution in [3.8, 4) is 10.8 Å². The van der Waals surface area contributed by atoms with Crippen LogP contribution in [0.1, 0.15) is 24.7 Å². The fourth-order valence-electron chi connectivity index (χ4n) is 1.96. The molecule has 1 atom stereocenters. The predicted molar refractivity (Wildman–Crippen MR) is 62.5 cm³/mol. The normalized spacial score (nSPS) is 21.1. The van der Waals surface area contributed by atoms with Crippen molar-refractivity contribution < 1.29 is 4.42 Å². The molecule has 16 heavy (non-hydrogen) atoms. The lowest BCUT2D eigenvalue weighted by molar-refractivity contribution is 0.381. The number of rotatable bonds is 2. The molecular formula is C11H13N3OS. The van der Waals surface area contributed by atoms with E-state index >= 15 is 0 Å². The maximum absolute atomic E-state index is 5.72. The van der Waals surface area contributed by atoms with E-state index in [9.17, 15) is 0 Å². The average Bonchev–Trinajstić information content (AvgIpc) is 3.01. The standard InChI is InChI=1S/C11H13N3OS/c1-3-8(7-12-5-1)10-13-14-11(15-10)9-4-2-6-16-9/h2,4,6,8,12H,1,3,5,7H2/t8-/m1/s1. The third-order valence-electron chi connectivity index (χ3n) is 2.82. The van der Waals surface area contributed by atoms with E-state index in [1.54, 1.807) is 11.3 Å². The first-order valence-corrected chi connectivity index (χ1v) is 6.39. The summed E-state index contributed by atoms with van der Waals surface area (Å²) in [6, 6.07) is 3.99. The van der Waals surface area contributed by atoms with Crippen LogP contribution in [0.5, 0.6) is 0 Å². The van der Waals surface area contributed by atoms with Crippen LogP contribution in [-0.2, 0) is 0 Å². The van der Waals surface area contributed by atoms with Crippen LogP contribution in [-0.4, -0.2) is 23.3 Å². The Hall–Kier alpha value is -1.20. The second kappa shape index (κ2) is 4.35. The van der Waals surface area contributed by atoms with Crippen molar-refractivity contribution in [3.05, 3.63) is 23.4 Å². The number of nitrogens with zero attached hydrogens (tertiary/aromatic N) is 2. The van der Waals surface area contributed by atoms with E-state index in [1.807, 2.05) is 17.5 Å². The lowest BCUT2D eigenvalue weighted by Gasteiger charge is -2.18. The van der Waals surface area contributed by atoms with Gasteiger partial charge in [0.15, 0.2) is 0 Å². The summed E-state index contributed by atoms with van der Waals surface area (Å²) in [7, 11) is 0. The molecule has 1 N–H and O–H groups in total. The maximum Gasteiger partial charge on any atom is 0.257 e. The Balaban J connectivity index is 1.82. The second-order valence-electron chi connectivity index (χ2n) is 3.97. The van der Waals surface area contributed by atoms with E-state index in [-0.39, 0.29) is 0 Å². The molecule has 0 spiro atoms. The number of piperidine rings is 1. The zero-order valence-corrected chi connectivity index (χ0v) is 9.67. The summed E-state index contributed by atoms with van der Waals surface area (Å²) in [5.74, 6) is 1.81. The van der Waals surface area contributed by atoms with Gasteiger partial charge in [0.1, 0.15) is 0 Å². The SMILES string of the molecule is c1csc(-c2nnc([C@@H]3CCCNC3)o2)c1. The van der Waals surface area contributed by atoms with Gasteiger partial charge in [-0.15, -0.1) is 21.5 Å². The van der Waals surface area contributed by atoms with Gasteiger partial charge in [-0.3, -0.25) is 0 Å². The summed E-state index contributed by atoms with van der Waals surface area (Å²) in [4.78, 5) is 1.04. The molecule has 3 rings (SSSR count). The van der Waals surface area contributed by atoms with Crippen LogP contribution in [0.3, 0.4) is 0 Å². The Morgan fingerprint density at radius 3 is 3.19 bits per heavy atom. The van der Waals surface area contributed by atoms with Gasteiger partial charge in [0.2, 0.25) is 5.89 Å². The molecule has 0 saturated carbocycles.